The molecular weight excluding hydrogens is 364 g/mol. The van der Waals surface area contributed by atoms with E-state index in [1.165, 1.54) is 33.0 Å². The molecule has 0 bridgehead atoms. The summed E-state index contributed by atoms with van der Waals surface area (Å²) in [6, 6.07) is 29.7. The van der Waals surface area contributed by atoms with Crippen molar-refractivity contribution in [1.82, 2.24) is 0 Å². The molecule has 0 aliphatic heterocycles. The molecular formula is C26H21ClO. The molecule has 5 rings (SSSR count). The van der Waals surface area contributed by atoms with Crippen LogP contribution in [0.4, 0.5) is 0 Å². The maximum absolute atomic E-state index is 11.2. The van der Waals surface area contributed by atoms with E-state index in [-0.39, 0.29) is 11.8 Å². The van der Waals surface area contributed by atoms with Crippen LogP contribution >= 0.6 is 11.6 Å². The topological polar surface area (TPSA) is 20.2 Å². The Morgan fingerprint density at radius 2 is 1.36 bits per heavy atom. The summed E-state index contributed by atoms with van der Waals surface area (Å²) in [6.45, 7) is 1.81. The monoisotopic (exact) mass is 384 g/mol. The average Bonchev–Trinajstić information content (AvgIpc) is 3.07. The molecule has 4 aromatic rings. The maximum atomic E-state index is 11.2. The second-order valence-electron chi connectivity index (χ2n) is 7.76. The molecule has 0 amide bonds. The molecule has 0 spiro atoms. The fraction of sp³-hybridized carbons (Fsp3) is 0.154. The molecule has 138 valence electrons. The van der Waals surface area contributed by atoms with Crippen molar-refractivity contribution in [3.63, 3.8) is 0 Å². The number of aliphatic hydroxyl groups is 1. The van der Waals surface area contributed by atoms with Gasteiger partial charge in [0, 0.05) is 5.92 Å². The van der Waals surface area contributed by atoms with Gasteiger partial charge in [0.1, 0.15) is 5.60 Å². The number of alkyl halides is 1. The van der Waals surface area contributed by atoms with Gasteiger partial charge >= 0.3 is 0 Å². The first-order valence-electron chi connectivity index (χ1n) is 9.60. The number of hydrogen-bond acceptors (Lipinski definition) is 1. The fourth-order valence-electron chi connectivity index (χ4n) is 4.61. The van der Waals surface area contributed by atoms with Crippen molar-refractivity contribution in [1.29, 1.82) is 0 Å². The first-order chi connectivity index (χ1) is 13.6. The number of rotatable bonds is 3. The molecule has 28 heavy (non-hydrogen) atoms. The molecule has 0 saturated heterocycles. The Morgan fingerprint density at radius 1 is 0.786 bits per heavy atom. The zero-order valence-electron chi connectivity index (χ0n) is 15.7. The Kier molecular flexibility index (Phi) is 4.04. The quantitative estimate of drug-likeness (QED) is 0.354. The van der Waals surface area contributed by atoms with Crippen molar-refractivity contribution in [2.45, 2.75) is 18.4 Å². The average molecular weight is 385 g/mol. The molecule has 0 radical (unpaired) electrons. The van der Waals surface area contributed by atoms with Crippen molar-refractivity contribution in [2.75, 3.05) is 5.88 Å². The SMILES string of the molecule is CC(O)(CCl)c1ccc2ccccc2c1C1c2ccccc2-c2ccccc21. The van der Waals surface area contributed by atoms with E-state index in [9.17, 15) is 5.11 Å². The molecule has 1 atom stereocenters. The van der Waals surface area contributed by atoms with Crippen LogP contribution in [-0.4, -0.2) is 11.0 Å². The summed E-state index contributed by atoms with van der Waals surface area (Å²) >= 11 is 6.21. The minimum atomic E-state index is -1.10. The zero-order chi connectivity index (χ0) is 19.3. The Balaban J connectivity index is 1.91. The van der Waals surface area contributed by atoms with Gasteiger partial charge in [0.25, 0.3) is 0 Å². The van der Waals surface area contributed by atoms with E-state index in [0.29, 0.717) is 0 Å². The second kappa shape index (κ2) is 6.48. The normalized spacial score (nSPS) is 15.2. The van der Waals surface area contributed by atoms with E-state index < -0.39 is 5.60 Å². The summed E-state index contributed by atoms with van der Waals surface area (Å²) in [4.78, 5) is 0. The van der Waals surface area contributed by atoms with Crippen molar-refractivity contribution in [3.8, 4) is 11.1 Å². The lowest BCUT2D eigenvalue weighted by Crippen LogP contribution is -2.26. The van der Waals surface area contributed by atoms with Gasteiger partial charge in [-0.15, -0.1) is 11.6 Å². The van der Waals surface area contributed by atoms with E-state index in [0.717, 1.165) is 11.1 Å². The van der Waals surface area contributed by atoms with Gasteiger partial charge in [-0.25, -0.2) is 0 Å². The van der Waals surface area contributed by atoms with Gasteiger partial charge in [0.05, 0.1) is 5.88 Å². The summed E-state index contributed by atoms with van der Waals surface area (Å²) in [6.07, 6.45) is 0. The van der Waals surface area contributed by atoms with Gasteiger partial charge < -0.3 is 5.11 Å². The van der Waals surface area contributed by atoms with E-state index in [1.54, 1.807) is 6.92 Å². The van der Waals surface area contributed by atoms with Gasteiger partial charge in [-0.1, -0.05) is 84.9 Å². The Morgan fingerprint density at radius 3 is 2.00 bits per heavy atom. The van der Waals surface area contributed by atoms with Gasteiger partial charge in [-0.05, 0) is 51.1 Å². The van der Waals surface area contributed by atoms with E-state index in [4.69, 9.17) is 11.6 Å². The summed E-state index contributed by atoms with van der Waals surface area (Å²) in [5, 5.41) is 13.5. The molecule has 0 aromatic heterocycles. The second-order valence-corrected chi connectivity index (χ2v) is 8.03. The molecule has 0 fully saturated rings. The van der Waals surface area contributed by atoms with E-state index in [2.05, 4.69) is 78.9 Å². The highest BCUT2D eigenvalue weighted by molar-refractivity contribution is 6.18. The van der Waals surface area contributed by atoms with Crippen LogP contribution in [-0.2, 0) is 5.60 Å². The number of benzene rings is 4. The molecule has 1 nitrogen and oxygen atoms in total. The molecule has 0 saturated carbocycles. The fourth-order valence-corrected chi connectivity index (χ4v) is 4.76. The highest BCUT2D eigenvalue weighted by Crippen LogP contribution is 2.51. The first kappa shape index (κ1) is 17.5. The lowest BCUT2D eigenvalue weighted by Gasteiger charge is -2.29. The molecule has 2 heteroatoms. The van der Waals surface area contributed by atoms with Gasteiger partial charge in [0.15, 0.2) is 0 Å². The van der Waals surface area contributed by atoms with Crippen LogP contribution in [0.3, 0.4) is 0 Å². The lowest BCUT2D eigenvalue weighted by atomic mass is 9.79. The molecule has 4 aromatic carbocycles. The summed E-state index contributed by atoms with van der Waals surface area (Å²) in [5.41, 5.74) is 6.06. The summed E-state index contributed by atoms with van der Waals surface area (Å²) in [5.74, 6) is 0.220. The Hall–Kier alpha value is -2.61. The minimum absolute atomic E-state index is 0.0724. The van der Waals surface area contributed by atoms with Crippen LogP contribution in [0.5, 0.6) is 0 Å². The van der Waals surface area contributed by atoms with Crippen LogP contribution < -0.4 is 0 Å². The van der Waals surface area contributed by atoms with E-state index >= 15 is 0 Å². The smallest absolute Gasteiger partial charge is 0.101 e. The van der Waals surface area contributed by atoms with Crippen LogP contribution in [0.1, 0.15) is 35.1 Å². The molecule has 1 unspecified atom stereocenters. The Bertz CT molecular complexity index is 1150. The van der Waals surface area contributed by atoms with Crippen molar-refractivity contribution in [3.05, 3.63) is 107 Å². The molecule has 1 aliphatic rings. The predicted octanol–water partition coefficient (Wildman–Crippen LogP) is 6.45. The van der Waals surface area contributed by atoms with Crippen molar-refractivity contribution < 1.29 is 5.11 Å². The molecule has 1 N–H and O–H groups in total. The maximum Gasteiger partial charge on any atom is 0.101 e. The van der Waals surface area contributed by atoms with Gasteiger partial charge in [0.2, 0.25) is 0 Å². The van der Waals surface area contributed by atoms with E-state index in [1.807, 2.05) is 6.07 Å². The molecule has 1 aliphatic carbocycles. The first-order valence-corrected chi connectivity index (χ1v) is 10.1. The zero-order valence-corrected chi connectivity index (χ0v) is 16.4. The third-order valence-corrected chi connectivity index (χ3v) is 6.45. The minimum Gasteiger partial charge on any atom is -0.384 e. The van der Waals surface area contributed by atoms with Crippen LogP contribution in [0, 0.1) is 0 Å². The highest BCUT2D eigenvalue weighted by Gasteiger charge is 2.35. The largest absolute Gasteiger partial charge is 0.384 e. The van der Waals surface area contributed by atoms with Crippen molar-refractivity contribution >= 4 is 22.4 Å². The highest BCUT2D eigenvalue weighted by atomic mass is 35.5. The molecule has 0 heterocycles. The lowest BCUT2D eigenvalue weighted by molar-refractivity contribution is 0.0815. The van der Waals surface area contributed by atoms with Crippen LogP contribution in [0.25, 0.3) is 21.9 Å². The number of hydrogen-bond donors (Lipinski definition) is 1. The van der Waals surface area contributed by atoms with Crippen LogP contribution in [0.2, 0.25) is 0 Å². The Labute approximate surface area is 170 Å². The summed E-state index contributed by atoms with van der Waals surface area (Å²) in [7, 11) is 0. The van der Waals surface area contributed by atoms with Gasteiger partial charge in [-0.3, -0.25) is 0 Å². The third-order valence-electron chi connectivity index (χ3n) is 5.93. The van der Waals surface area contributed by atoms with Crippen molar-refractivity contribution in [2.24, 2.45) is 0 Å². The standard InChI is InChI=1S/C26H21ClO/c1-26(28,16-27)23-15-14-17-8-2-3-9-18(17)25(23)24-21-12-6-4-10-19(21)20-11-5-7-13-22(20)24/h2-15,24,28H,16H2,1H3. The van der Waals surface area contributed by atoms with Crippen LogP contribution in [0.15, 0.2) is 84.9 Å². The van der Waals surface area contributed by atoms with Gasteiger partial charge in [-0.2, -0.15) is 0 Å². The third kappa shape index (κ3) is 2.51. The predicted molar refractivity (Wildman–Crippen MR) is 117 cm³/mol. The number of fused-ring (bicyclic) bond motifs is 4. The summed E-state index contributed by atoms with van der Waals surface area (Å²) < 4.78 is 0. The number of halogens is 1.